The van der Waals surface area contributed by atoms with E-state index in [2.05, 4.69) is 44.8 Å². The summed E-state index contributed by atoms with van der Waals surface area (Å²) in [5.74, 6) is 0.741. The molecular weight excluding hydrogens is 232 g/mol. The lowest BCUT2D eigenvalue weighted by Crippen LogP contribution is -2.61. The molecule has 0 amide bonds. The SMILES string of the molecule is CC(=CCl)CN1CC(C)(C)NCC1CC(C)C. The van der Waals surface area contributed by atoms with Gasteiger partial charge >= 0.3 is 0 Å². The van der Waals surface area contributed by atoms with E-state index in [-0.39, 0.29) is 5.54 Å². The Morgan fingerprint density at radius 2 is 2.18 bits per heavy atom. The van der Waals surface area contributed by atoms with Crippen LogP contribution in [-0.2, 0) is 0 Å². The molecule has 1 atom stereocenters. The molecule has 100 valence electrons. The molecule has 1 heterocycles. The third kappa shape index (κ3) is 4.99. The van der Waals surface area contributed by atoms with Crippen molar-refractivity contribution < 1.29 is 0 Å². The quantitative estimate of drug-likeness (QED) is 0.833. The smallest absolute Gasteiger partial charge is 0.0253 e. The van der Waals surface area contributed by atoms with E-state index in [1.165, 1.54) is 12.0 Å². The van der Waals surface area contributed by atoms with Crippen LogP contribution in [0.3, 0.4) is 0 Å². The molecule has 17 heavy (non-hydrogen) atoms. The van der Waals surface area contributed by atoms with E-state index in [9.17, 15) is 0 Å². The van der Waals surface area contributed by atoms with Gasteiger partial charge in [-0.2, -0.15) is 0 Å². The highest BCUT2D eigenvalue weighted by atomic mass is 35.5. The van der Waals surface area contributed by atoms with Crippen molar-refractivity contribution in [1.82, 2.24) is 10.2 Å². The van der Waals surface area contributed by atoms with Gasteiger partial charge in [0.15, 0.2) is 0 Å². The zero-order valence-electron chi connectivity index (χ0n) is 11.9. The predicted octanol–water partition coefficient (Wildman–Crippen LogP) is 3.23. The van der Waals surface area contributed by atoms with Gasteiger partial charge in [0.1, 0.15) is 0 Å². The summed E-state index contributed by atoms with van der Waals surface area (Å²) in [6, 6.07) is 0.634. The molecule has 0 aromatic rings. The zero-order valence-corrected chi connectivity index (χ0v) is 12.6. The molecule has 1 rings (SSSR count). The molecule has 0 radical (unpaired) electrons. The molecule has 1 aliphatic heterocycles. The molecule has 0 bridgehead atoms. The monoisotopic (exact) mass is 258 g/mol. The Balaban J connectivity index is 2.68. The van der Waals surface area contributed by atoms with E-state index in [1.807, 2.05) is 0 Å². The van der Waals surface area contributed by atoms with Crippen LogP contribution < -0.4 is 5.32 Å². The van der Waals surface area contributed by atoms with E-state index >= 15 is 0 Å². The summed E-state index contributed by atoms with van der Waals surface area (Å²) in [6.07, 6.45) is 1.25. The van der Waals surface area contributed by atoms with Gasteiger partial charge < -0.3 is 5.32 Å². The summed E-state index contributed by atoms with van der Waals surface area (Å²) in [6.45, 7) is 14.4. The van der Waals surface area contributed by atoms with Crippen molar-refractivity contribution in [1.29, 1.82) is 0 Å². The fourth-order valence-electron chi connectivity index (χ4n) is 2.53. The number of halogens is 1. The van der Waals surface area contributed by atoms with Gasteiger partial charge in [0.2, 0.25) is 0 Å². The zero-order chi connectivity index (χ0) is 13.1. The summed E-state index contributed by atoms with van der Waals surface area (Å²) >= 11 is 5.79. The topological polar surface area (TPSA) is 15.3 Å². The third-order valence-corrected chi connectivity index (χ3v) is 3.69. The first-order chi connectivity index (χ1) is 7.84. The first-order valence-electron chi connectivity index (χ1n) is 6.59. The summed E-state index contributed by atoms with van der Waals surface area (Å²) in [4.78, 5) is 2.57. The van der Waals surface area contributed by atoms with Gasteiger partial charge in [-0.3, -0.25) is 4.90 Å². The van der Waals surface area contributed by atoms with Crippen molar-refractivity contribution in [2.75, 3.05) is 19.6 Å². The minimum absolute atomic E-state index is 0.208. The molecule has 0 spiro atoms. The standard InChI is InChI=1S/C14H27ClN2/c1-11(2)6-13-8-16-14(4,5)10-17(13)9-12(3)7-15/h7,11,13,16H,6,8-10H2,1-5H3. The average molecular weight is 259 g/mol. The molecule has 0 aliphatic carbocycles. The van der Waals surface area contributed by atoms with Gasteiger partial charge in [-0.15, -0.1) is 0 Å². The molecule has 0 aromatic heterocycles. The Morgan fingerprint density at radius 1 is 1.53 bits per heavy atom. The number of rotatable bonds is 4. The normalized spacial score (nSPS) is 26.5. The highest BCUT2D eigenvalue weighted by Gasteiger charge is 2.32. The lowest BCUT2D eigenvalue weighted by molar-refractivity contribution is 0.0918. The fraction of sp³-hybridized carbons (Fsp3) is 0.857. The largest absolute Gasteiger partial charge is 0.309 e. The Labute approximate surface area is 111 Å². The van der Waals surface area contributed by atoms with E-state index in [1.54, 1.807) is 5.54 Å². The molecular formula is C14H27ClN2. The summed E-state index contributed by atoms with van der Waals surface area (Å²) in [5, 5.41) is 3.64. The first kappa shape index (κ1) is 15.0. The molecule has 1 N–H and O–H groups in total. The maximum Gasteiger partial charge on any atom is 0.0253 e. The van der Waals surface area contributed by atoms with Crippen molar-refractivity contribution >= 4 is 11.6 Å². The Kier molecular flexibility index (Phi) is 5.49. The van der Waals surface area contributed by atoms with Crippen LogP contribution in [-0.4, -0.2) is 36.1 Å². The molecule has 0 saturated carbocycles. The Hall–Kier alpha value is -0.0500. The van der Waals surface area contributed by atoms with Gasteiger partial charge in [-0.25, -0.2) is 0 Å². The van der Waals surface area contributed by atoms with Crippen LogP contribution in [0.25, 0.3) is 0 Å². The highest BCUT2D eigenvalue weighted by Crippen LogP contribution is 2.21. The number of hydrogen-bond acceptors (Lipinski definition) is 2. The summed E-state index contributed by atoms with van der Waals surface area (Å²) in [5.41, 5.74) is 3.17. The second-order valence-corrected chi connectivity index (χ2v) is 6.63. The number of nitrogens with zero attached hydrogens (tertiary/aromatic N) is 1. The van der Waals surface area contributed by atoms with Crippen LogP contribution in [0, 0.1) is 5.92 Å². The van der Waals surface area contributed by atoms with Crippen LogP contribution in [0.15, 0.2) is 11.1 Å². The van der Waals surface area contributed by atoms with Crippen molar-refractivity contribution in [2.45, 2.75) is 52.6 Å². The van der Waals surface area contributed by atoms with Crippen molar-refractivity contribution in [3.63, 3.8) is 0 Å². The molecule has 1 saturated heterocycles. The van der Waals surface area contributed by atoms with Gasteiger partial charge in [0, 0.05) is 36.8 Å². The van der Waals surface area contributed by atoms with Crippen LogP contribution in [0.2, 0.25) is 0 Å². The maximum atomic E-state index is 5.79. The van der Waals surface area contributed by atoms with Crippen LogP contribution >= 0.6 is 11.6 Å². The summed E-state index contributed by atoms with van der Waals surface area (Å²) in [7, 11) is 0. The average Bonchev–Trinajstić information content (AvgIpc) is 2.21. The molecule has 1 aliphatic rings. The van der Waals surface area contributed by atoms with Crippen LogP contribution in [0.5, 0.6) is 0 Å². The van der Waals surface area contributed by atoms with Gasteiger partial charge in [-0.1, -0.05) is 25.4 Å². The van der Waals surface area contributed by atoms with Crippen LogP contribution in [0.1, 0.15) is 41.0 Å². The lowest BCUT2D eigenvalue weighted by atomic mass is 9.93. The van der Waals surface area contributed by atoms with E-state index in [4.69, 9.17) is 11.6 Å². The van der Waals surface area contributed by atoms with Crippen LogP contribution in [0.4, 0.5) is 0 Å². The van der Waals surface area contributed by atoms with Crippen molar-refractivity contribution in [3.8, 4) is 0 Å². The molecule has 1 fully saturated rings. The Morgan fingerprint density at radius 3 is 2.71 bits per heavy atom. The molecule has 2 nitrogen and oxygen atoms in total. The van der Waals surface area contributed by atoms with Gasteiger partial charge in [0.05, 0.1) is 0 Å². The second-order valence-electron chi connectivity index (χ2n) is 6.41. The van der Waals surface area contributed by atoms with Gasteiger partial charge in [-0.05, 0) is 38.7 Å². The maximum absolute atomic E-state index is 5.79. The minimum atomic E-state index is 0.208. The lowest BCUT2D eigenvalue weighted by Gasteiger charge is -2.45. The molecule has 1 unspecified atom stereocenters. The molecule has 0 aromatic carbocycles. The van der Waals surface area contributed by atoms with Crippen molar-refractivity contribution in [2.24, 2.45) is 5.92 Å². The van der Waals surface area contributed by atoms with Gasteiger partial charge in [0.25, 0.3) is 0 Å². The van der Waals surface area contributed by atoms with E-state index in [0.717, 1.165) is 25.6 Å². The number of hydrogen-bond donors (Lipinski definition) is 1. The van der Waals surface area contributed by atoms with E-state index in [0.29, 0.717) is 6.04 Å². The Bertz CT molecular complexity index is 271. The van der Waals surface area contributed by atoms with E-state index < -0.39 is 0 Å². The summed E-state index contributed by atoms with van der Waals surface area (Å²) < 4.78 is 0. The highest BCUT2D eigenvalue weighted by molar-refractivity contribution is 6.25. The predicted molar refractivity (Wildman–Crippen MR) is 76.5 cm³/mol. The first-order valence-corrected chi connectivity index (χ1v) is 7.02. The number of piperazine rings is 1. The minimum Gasteiger partial charge on any atom is -0.309 e. The van der Waals surface area contributed by atoms with Crippen molar-refractivity contribution in [3.05, 3.63) is 11.1 Å². The fourth-order valence-corrected chi connectivity index (χ4v) is 2.60. The second kappa shape index (κ2) is 6.21. The molecule has 3 heteroatoms. The third-order valence-electron chi connectivity index (χ3n) is 3.31. The number of nitrogens with one attached hydrogen (secondary N) is 1.